The lowest BCUT2D eigenvalue weighted by Gasteiger charge is -2.10. The number of nitrogens with two attached hydrogens (primary N) is 1. The molecular formula is C15H13N5S3. The van der Waals surface area contributed by atoms with Gasteiger partial charge < -0.3 is 5.73 Å². The predicted molar refractivity (Wildman–Crippen MR) is 96.8 cm³/mol. The van der Waals surface area contributed by atoms with Crippen LogP contribution in [0.25, 0.3) is 10.1 Å². The minimum atomic E-state index is 0.0577. The number of anilines is 1. The van der Waals surface area contributed by atoms with Crippen LogP contribution in [0.2, 0.25) is 0 Å². The molecule has 0 saturated carbocycles. The zero-order chi connectivity index (χ0) is 16.4. The highest BCUT2D eigenvalue weighted by atomic mass is 32.2. The first-order valence-electron chi connectivity index (χ1n) is 6.73. The Morgan fingerprint density at radius 3 is 2.91 bits per heavy atom. The van der Waals surface area contributed by atoms with E-state index in [9.17, 15) is 5.26 Å². The number of thioether (sulfide) groups is 2. The van der Waals surface area contributed by atoms with E-state index in [4.69, 9.17) is 5.73 Å². The lowest BCUT2D eigenvalue weighted by molar-refractivity contribution is 0.889. The second kappa shape index (κ2) is 6.74. The second-order valence-electron chi connectivity index (χ2n) is 4.74. The minimum Gasteiger partial charge on any atom is -0.384 e. The summed E-state index contributed by atoms with van der Waals surface area (Å²) in [6.45, 7) is 2.04. The fraction of sp³-hybridized carbons (Fsp3) is 0.200. The monoisotopic (exact) mass is 359 g/mol. The molecule has 5 nitrogen and oxygen atoms in total. The molecule has 3 aromatic rings. The van der Waals surface area contributed by atoms with Gasteiger partial charge in [0.05, 0.1) is 21.2 Å². The summed E-state index contributed by atoms with van der Waals surface area (Å²) < 4.78 is 1.02. The van der Waals surface area contributed by atoms with Gasteiger partial charge in [-0.1, -0.05) is 11.8 Å². The molecule has 3 rings (SSSR count). The van der Waals surface area contributed by atoms with E-state index < -0.39 is 0 Å². The van der Waals surface area contributed by atoms with Crippen molar-refractivity contribution in [2.75, 3.05) is 12.0 Å². The normalized spacial score (nSPS) is 12.2. The molecule has 3 aromatic heterocycles. The van der Waals surface area contributed by atoms with Crippen LogP contribution in [-0.2, 0) is 0 Å². The van der Waals surface area contributed by atoms with Gasteiger partial charge in [0.1, 0.15) is 16.9 Å². The van der Waals surface area contributed by atoms with E-state index in [0.717, 1.165) is 20.8 Å². The lowest BCUT2D eigenvalue weighted by atomic mass is 10.2. The third kappa shape index (κ3) is 3.42. The molecule has 0 spiro atoms. The number of pyridine rings is 1. The molecule has 0 saturated heterocycles. The summed E-state index contributed by atoms with van der Waals surface area (Å²) in [5.41, 5.74) is 7.41. The highest BCUT2D eigenvalue weighted by molar-refractivity contribution is 7.99. The van der Waals surface area contributed by atoms with Crippen LogP contribution in [-0.4, -0.2) is 21.2 Å². The first-order valence-corrected chi connectivity index (χ1v) is 9.71. The number of nitrogen functional groups attached to an aromatic ring is 1. The standard InChI is InChI=1S/C15H13N5S3/c1-8(23-15-19-13(17)4-14(20-15)21-2)11-3-10-9(5-16)7-22-12(10)6-18-11/h3-4,6-8H,1-2H3,(H2,17,19,20). The molecule has 1 unspecified atom stereocenters. The fourth-order valence-corrected chi connectivity index (χ4v) is 4.24. The van der Waals surface area contributed by atoms with Gasteiger partial charge in [0.25, 0.3) is 0 Å². The topological polar surface area (TPSA) is 88.5 Å². The Bertz CT molecular complexity index is 900. The molecule has 0 bridgehead atoms. The number of hydrogen-bond donors (Lipinski definition) is 1. The van der Waals surface area contributed by atoms with Crippen LogP contribution in [0.1, 0.15) is 23.4 Å². The summed E-state index contributed by atoms with van der Waals surface area (Å²) in [5, 5.41) is 13.5. The summed E-state index contributed by atoms with van der Waals surface area (Å²) in [7, 11) is 0. The van der Waals surface area contributed by atoms with Crippen LogP contribution in [0.3, 0.4) is 0 Å². The van der Waals surface area contributed by atoms with Crippen LogP contribution < -0.4 is 5.73 Å². The van der Waals surface area contributed by atoms with E-state index in [1.54, 1.807) is 6.07 Å². The highest BCUT2D eigenvalue weighted by Gasteiger charge is 2.14. The molecule has 23 heavy (non-hydrogen) atoms. The Labute approximate surface area is 146 Å². The molecular weight excluding hydrogens is 346 g/mol. The molecule has 8 heteroatoms. The number of hydrogen-bond acceptors (Lipinski definition) is 8. The number of fused-ring (bicyclic) bond motifs is 1. The van der Waals surface area contributed by atoms with Crippen molar-refractivity contribution in [3.8, 4) is 6.07 Å². The molecule has 2 N–H and O–H groups in total. The number of nitrogens with zero attached hydrogens (tertiary/aromatic N) is 4. The van der Waals surface area contributed by atoms with Gasteiger partial charge in [-0.2, -0.15) is 5.26 Å². The Hall–Kier alpha value is -1.82. The largest absolute Gasteiger partial charge is 0.384 e. The van der Waals surface area contributed by atoms with Gasteiger partial charge in [-0.05, 0) is 19.2 Å². The van der Waals surface area contributed by atoms with Crippen molar-refractivity contribution >= 4 is 50.8 Å². The molecule has 1 atom stereocenters. The van der Waals surface area contributed by atoms with E-state index in [1.807, 2.05) is 30.8 Å². The molecule has 3 heterocycles. The minimum absolute atomic E-state index is 0.0577. The van der Waals surface area contributed by atoms with Gasteiger partial charge in [-0.15, -0.1) is 23.1 Å². The molecule has 0 aliphatic carbocycles. The number of thiophene rings is 1. The smallest absolute Gasteiger partial charge is 0.191 e. The maximum absolute atomic E-state index is 9.17. The van der Waals surface area contributed by atoms with Crippen molar-refractivity contribution in [2.24, 2.45) is 0 Å². The molecule has 0 radical (unpaired) electrons. The number of rotatable bonds is 4. The van der Waals surface area contributed by atoms with Crippen LogP contribution in [0.5, 0.6) is 0 Å². The summed E-state index contributed by atoms with van der Waals surface area (Å²) in [5.74, 6) is 0.465. The Kier molecular flexibility index (Phi) is 4.71. The summed E-state index contributed by atoms with van der Waals surface area (Å²) in [6, 6.07) is 5.95. The van der Waals surface area contributed by atoms with Gasteiger partial charge in [0.2, 0.25) is 0 Å². The third-order valence-corrected chi connectivity index (χ3v) is 5.76. The van der Waals surface area contributed by atoms with Crippen LogP contribution in [0.15, 0.2) is 33.9 Å². The lowest BCUT2D eigenvalue weighted by Crippen LogP contribution is -1.99. The SMILES string of the molecule is CSc1cc(N)nc(SC(C)c2cc3c(C#N)csc3cn2)n1. The van der Waals surface area contributed by atoms with Crippen LogP contribution >= 0.6 is 34.9 Å². The first kappa shape index (κ1) is 16.1. The zero-order valence-electron chi connectivity index (χ0n) is 12.5. The number of nitriles is 1. The molecule has 0 fully saturated rings. The average molecular weight is 360 g/mol. The van der Waals surface area contributed by atoms with Crippen molar-refractivity contribution in [1.82, 2.24) is 15.0 Å². The van der Waals surface area contributed by atoms with E-state index in [-0.39, 0.29) is 5.25 Å². The number of aromatic nitrogens is 3. The third-order valence-electron chi connectivity index (χ3n) is 3.21. The average Bonchev–Trinajstić information content (AvgIpc) is 2.96. The predicted octanol–water partition coefficient (Wildman–Crippen LogP) is 4.12. The van der Waals surface area contributed by atoms with Crippen molar-refractivity contribution in [3.63, 3.8) is 0 Å². The molecule has 0 amide bonds. The van der Waals surface area contributed by atoms with Gasteiger partial charge in [-0.3, -0.25) is 4.98 Å². The Morgan fingerprint density at radius 2 is 2.17 bits per heavy atom. The first-order chi connectivity index (χ1) is 11.1. The van der Waals surface area contributed by atoms with Crippen molar-refractivity contribution in [1.29, 1.82) is 5.26 Å². The molecule has 0 aliphatic rings. The van der Waals surface area contributed by atoms with Gasteiger partial charge >= 0.3 is 0 Å². The van der Waals surface area contributed by atoms with Crippen molar-refractivity contribution < 1.29 is 0 Å². The van der Waals surface area contributed by atoms with Crippen molar-refractivity contribution in [2.45, 2.75) is 22.4 Å². The van der Waals surface area contributed by atoms with E-state index in [0.29, 0.717) is 16.5 Å². The summed E-state index contributed by atoms with van der Waals surface area (Å²) in [4.78, 5) is 13.2. The van der Waals surface area contributed by atoms with Gasteiger partial charge in [0.15, 0.2) is 5.16 Å². The highest BCUT2D eigenvalue weighted by Crippen LogP contribution is 2.35. The van der Waals surface area contributed by atoms with Crippen LogP contribution in [0.4, 0.5) is 5.82 Å². The van der Waals surface area contributed by atoms with E-state index >= 15 is 0 Å². The molecule has 0 aromatic carbocycles. The summed E-state index contributed by atoms with van der Waals surface area (Å²) in [6.07, 6.45) is 3.77. The maximum atomic E-state index is 9.17. The van der Waals surface area contributed by atoms with E-state index in [1.165, 1.54) is 34.9 Å². The van der Waals surface area contributed by atoms with Gasteiger partial charge in [0, 0.05) is 23.0 Å². The van der Waals surface area contributed by atoms with E-state index in [2.05, 4.69) is 21.0 Å². The summed E-state index contributed by atoms with van der Waals surface area (Å²) >= 11 is 4.57. The Balaban J connectivity index is 1.90. The van der Waals surface area contributed by atoms with Crippen molar-refractivity contribution in [3.05, 3.63) is 35.0 Å². The Morgan fingerprint density at radius 1 is 1.35 bits per heavy atom. The van der Waals surface area contributed by atoms with Crippen LogP contribution in [0, 0.1) is 11.3 Å². The maximum Gasteiger partial charge on any atom is 0.191 e. The molecule has 116 valence electrons. The fourth-order valence-electron chi connectivity index (χ4n) is 2.05. The molecule has 0 aliphatic heterocycles. The quantitative estimate of drug-likeness (QED) is 0.426. The second-order valence-corrected chi connectivity index (χ2v) is 7.79. The van der Waals surface area contributed by atoms with Gasteiger partial charge in [-0.25, -0.2) is 9.97 Å². The zero-order valence-corrected chi connectivity index (χ0v) is 14.9.